The molecule has 0 atom stereocenters. The monoisotopic (exact) mass is 156 g/mol. The minimum atomic E-state index is -0.425. The van der Waals surface area contributed by atoms with Gasteiger partial charge in [-0.15, -0.1) is 6.58 Å². The van der Waals surface area contributed by atoms with E-state index in [9.17, 15) is 4.79 Å². The summed E-state index contributed by atoms with van der Waals surface area (Å²) in [6.45, 7) is 7.63. The van der Waals surface area contributed by atoms with Crippen LogP contribution < -0.4 is 11.1 Å². The molecule has 11 heavy (non-hydrogen) atoms. The summed E-state index contributed by atoms with van der Waals surface area (Å²) in [6.07, 6.45) is 1.99. The van der Waals surface area contributed by atoms with Gasteiger partial charge in [-0.1, -0.05) is 6.08 Å². The van der Waals surface area contributed by atoms with Gasteiger partial charge in [0.15, 0.2) is 0 Å². The van der Waals surface area contributed by atoms with Crippen LogP contribution in [0.1, 0.15) is 20.3 Å². The molecule has 0 aromatic carbocycles. The van der Waals surface area contributed by atoms with Crippen molar-refractivity contribution in [3.63, 3.8) is 0 Å². The Morgan fingerprint density at radius 2 is 2.27 bits per heavy atom. The Morgan fingerprint density at radius 3 is 2.64 bits per heavy atom. The van der Waals surface area contributed by atoms with Crippen LogP contribution in [0.25, 0.3) is 0 Å². The highest BCUT2D eigenvalue weighted by Gasteiger charge is 2.15. The molecular weight excluding hydrogens is 140 g/mol. The molecule has 0 aromatic heterocycles. The summed E-state index contributed by atoms with van der Waals surface area (Å²) in [4.78, 5) is 11.0. The molecule has 0 aliphatic heterocycles. The highest BCUT2D eigenvalue weighted by Crippen LogP contribution is 2.01. The first kappa shape index (κ1) is 10.2. The second kappa shape index (κ2) is 4.13. The molecule has 0 aliphatic carbocycles. The van der Waals surface area contributed by atoms with Crippen molar-refractivity contribution in [2.45, 2.75) is 25.8 Å². The van der Waals surface area contributed by atoms with E-state index >= 15 is 0 Å². The zero-order chi connectivity index (χ0) is 8.91. The van der Waals surface area contributed by atoms with Crippen molar-refractivity contribution in [1.82, 2.24) is 5.32 Å². The van der Waals surface area contributed by atoms with Crippen molar-refractivity contribution in [3.05, 3.63) is 12.7 Å². The Kier molecular flexibility index (Phi) is 3.82. The van der Waals surface area contributed by atoms with Crippen LogP contribution in [0.15, 0.2) is 12.7 Å². The van der Waals surface area contributed by atoms with Gasteiger partial charge in [0.05, 0.1) is 0 Å². The number of nitrogens with one attached hydrogen (secondary N) is 1. The molecule has 0 aliphatic rings. The number of carbonyl (C=O) groups excluding carboxylic acids is 1. The number of nitrogens with two attached hydrogens (primary N) is 1. The third kappa shape index (κ3) is 7.06. The molecule has 3 nitrogen and oxygen atoms in total. The number of hydrogen-bond acceptors (Lipinski definition) is 2. The fourth-order valence-corrected chi connectivity index (χ4v) is 0.662. The molecule has 0 saturated heterocycles. The third-order valence-electron chi connectivity index (χ3n) is 1.06. The van der Waals surface area contributed by atoms with E-state index in [0.29, 0.717) is 13.0 Å². The summed E-state index contributed by atoms with van der Waals surface area (Å²) in [7, 11) is 0. The molecule has 0 aromatic rings. The summed E-state index contributed by atoms with van der Waals surface area (Å²) >= 11 is 0. The van der Waals surface area contributed by atoms with Crippen molar-refractivity contribution >= 4 is 5.91 Å². The Bertz CT molecular complexity index is 147. The lowest BCUT2D eigenvalue weighted by Gasteiger charge is -2.16. The molecule has 3 heteroatoms. The molecule has 0 unspecified atom stereocenters. The number of carbonyl (C=O) groups is 1. The molecule has 64 valence electrons. The zero-order valence-corrected chi connectivity index (χ0v) is 7.18. The van der Waals surface area contributed by atoms with Crippen LogP contribution in [0.3, 0.4) is 0 Å². The fourth-order valence-electron chi connectivity index (χ4n) is 0.662. The lowest BCUT2D eigenvalue weighted by Crippen LogP contribution is -2.39. The molecular formula is C8H16N2O. The molecule has 0 radical (unpaired) electrons. The maximum absolute atomic E-state index is 11.0. The van der Waals surface area contributed by atoms with Gasteiger partial charge in [-0.2, -0.15) is 0 Å². The molecule has 0 rings (SSSR count). The Morgan fingerprint density at radius 1 is 1.73 bits per heavy atom. The van der Waals surface area contributed by atoms with E-state index in [-0.39, 0.29) is 5.91 Å². The van der Waals surface area contributed by atoms with Gasteiger partial charge >= 0.3 is 0 Å². The molecule has 0 fully saturated rings. The third-order valence-corrected chi connectivity index (χ3v) is 1.06. The van der Waals surface area contributed by atoms with Crippen LogP contribution in [0, 0.1) is 0 Å². The minimum Gasteiger partial charge on any atom is -0.353 e. The average Bonchev–Trinajstić information content (AvgIpc) is 1.79. The predicted molar refractivity (Wildman–Crippen MR) is 46.1 cm³/mol. The molecule has 0 spiro atoms. The van der Waals surface area contributed by atoms with Gasteiger partial charge in [0.25, 0.3) is 0 Å². The summed E-state index contributed by atoms with van der Waals surface area (Å²) in [5.41, 5.74) is 5.20. The van der Waals surface area contributed by atoms with E-state index in [4.69, 9.17) is 5.73 Å². The second-order valence-electron chi connectivity index (χ2n) is 3.26. The average molecular weight is 156 g/mol. The fraction of sp³-hybridized carbons (Fsp3) is 0.625. The van der Waals surface area contributed by atoms with Crippen LogP contribution >= 0.6 is 0 Å². The van der Waals surface area contributed by atoms with Crippen molar-refractivity contribution in [2.75, 3.05) is 6.54 Å². The SMILES string of the molecule is C=CCNC(=O)CC(C)(C)N. The number of rotatable bonds is 4. The smallest absolute Gasteiger partial charge is 0.222 e. The first-order valence-corrected chi connectivity index (χ1v) is 3.62. The molecule has 0 heterocycles. The molecule has 1 amide bonds. The van der Waals surface area contributed by atoms with Gasteiger partial charge in [0, 0.05) is 18.5 Å². The summed E-state index contributed by atoms with van der Waals surface area (Å²) < 4.78 is 0. The molecule has 0 saturated carbocycles. The lowest BCUT2D eigenvalue weighted by molar-refractivity contribution is -0.121. The van der Waals surface area contributed by atoms with E-state index in [1.807, 2.05) is 13.8 Å². The maximum Gasteiger partial charge on any atom is 0.222 e. The zero-order valence-electron chi connectivity index (χ0n) is 7.18. The summed E-state index contributed by atoms with van der Waals surface area (Å²) in [6, 6.07) is 0. The number of hydrogen-bond donors (Lipinski definition) is 2. The van der Waals surface area contributed by atoms with E-state index in [2.05, 4.69) is 11.9 Å². The molecule has 3 N–H and O–H groups in total. The maximum atomic E-state index is 11.0. The van der Waals surface area contributed by atoms with Gasteiger partial charge in [-0.25, -0.2) is 0 Å². The Labute approximate surface area is 67.7 Å². The van der Waals surface area contributed by atoms with E-state index in [0.717, 1.165) is 0 Å². The Hall–Kier alpha value is -0.830. The highest BCUT2D eigenvalue weighted by molar-refractivity contribution is 5.77. The van der Waals surface area contributed by atoms with Gasteiger partial charge in [-0.3, -0.25) is 4.79 Å². The van der Waals surface area contributed by atoms with Crippen molar-refractivity contribution < 1.29 is 4.79 Å². The van der Waals surface area contributed by atoms with E-state index < -0.39 is 5.54 Å². The lowest BCUT2D eigenvalue weighted by atomic mass is 10.0. The van der Waals surface area contributed by atoms with E-state index in [1.165, 1.54) is 0 Å². The normalized spacial score (nSPS) is 10.8. The van der Waals surface area contributed by atoms with Crippen LogP contribution in [-0.4, -0.2) is 18.0 Å². The van der Waals surface area contributed by atoms with Crippen LogP contribution in [0.5, 0.6) is 0 Å². The van der Waals surface area contributed by atoms with Gasteiger partial charge in [0.2, 0.25) is 5.91 Å². The minimum absolute atomic E-state index is 0.0302. The van der Waals surface area contributed by atoms with Gasteiger partial charge in [0.1, 0.15) is 0 Å². The largest absolute Gasteiger partial charge is 0.353 e. The summed E-state index contributed by atoms with van der Waals surface area (Å²) in [5.74, 6) is -0.0302. The quantitative estimate of drug-likeness (QED) is 0.579. The molecule has 0 bridgehead atoms. The second-order valence-corrected chi connectivity index (χ2v) is 3.26. The van der Waals surface area contributed by atoms with Crippen LogP contribution in [0.4, 0.5) is 0 Å². The van der Waals surface area contributed by atoms with Gasteiger partial charge in [-0.05, 0) is 13.8 Å². The summed E-state index contributed by atoms with van der Waals surface area (Å²) in [5, 5.41) is 2.65. The first-order valence-electron chi connectivity index (χ1n) is 3.62. The van der Waals surface area contributed by atoms with Crippen molar-refractivity contribution in [1.29, 1.82) is 0 Å². The van der Waals surface area contributed by atoms with E-state index in [1.54, 1.807) is 6.08 Å². The van der Waals surface area contributed by atoms with Crippen LogP contribution in [-0.2, 0) is 4.79 Å². The number of amides is 1. The van der Waals surface area contributed by atoms with Crippen LogP contribution in [0.2, 0.25) is 0 Å². The van der Waals surface area contributed by atoms with Crippen molar-refractivity contribution in [2.24, 2.45) is 5.73 Å². The van der Waals surface area contributed by atoms with Crippen molar-refractivity contribution in [3.8, 4) is 0 Å². The topological polar surface area (TPSA) is 55.1 Å². The highest BCUT2D eigenvalue weighted by atomic mass is 16.1. The Balaban J connectivity index is 3.61. The van der Waals surface area contributed by atoms with Gasteiger partial charge < -0.3 is 11.1 Å². The first-order chi connectivity index (χ1) is 4.95. The predicted octanol–water partition coefficient (Wildman–Crippen LogP) is 0.416. The standard InChI is InChI=1S/C8H16N2O/c1-4-5-10-7(11)6-8(2,3)9/h4H,1,5-6,9H2,2-3H3,(H,10,11).